The Morgan fingerprint density at radius 2 is 1.27 bits per heavy atom. The zero-order chi connectivity index (χ0) is 30.6. The number of imidazole rings is 1. The average molecular weight is 590 g/mol. The predicted octanol–water partition coefficient (Wildman–Crippen LogP) is 8.11. The summed E-state index contributed by atoms with van der Waals surface area (Å²) < 4.78 is 7.94. The molecule has 5 nitrogen and oxygen atoms in total. The number of carbonyl (C=O) groups is 1. The molecule has 0 saturated carbocycles. The van der Waals surface area contributed by atoms with Gasteiger partial charge >= 0.3 is 6.09 Å². The van der Waals surface area contributed by atoms with E-state index in [2.05, 4.69) is 132 Å². The van der Waals surface area contributed by atoms with Crippen LogP contribution in [-0.4, -0.2) is 28.8 Å². The second-order valence-corrected chi connectivity index (χ2v) is 11.6. The Morgan fingerprint density at radius 1 is 0.733 bits per heavy atom. The van der Waals surface area contributed by atoms with Crippen molar-refractivity contribution >= 4 is 6.09 Å². The molecule has 1 amide bonds. The summed E-state index contributed by atoms with van der Waals surface area (Å²) in [7, 11) is 0. The van der Waals surface area contributed by atoms with Gasteiger partial charge in [-0.25, -0.2) is 9.78 Å². The highest BCUT2D eigenvalue weighted by molar-refractivity contribution is 5.79. The number of amides is 1. The summed E-state index contributed by atoms with van der Waals surface area (Å²) in [5, 5.41) is 2.94. The number of aromatic nitrogens is 2. The van der Waals surface area contributed by atoms with Crippen LogP contribution in [0.3, 0.4) is 0 Å². The first kappa shape index (κ1) is 28.4. The van der Waals surface area contributed by atoms with Gasteiger partial charge in [0.25, 0.3) is 0 Å². The molecule has 1 aromatic heterocycles. The first-order valence-electron chi connectivity index (χ1n) is 15.4. The molecule has 0 radical (unpaired) electrons. The highest BCUT2D eigenvalue weighted by Crippen LogP contribution is 2.44. The number of benzene rings is 5. The summed E-state index contributed by atoms with van der Waals surface area (Å²) >= 11 is 0. The van der Waals surface area contributed by atoms with Gasteiger partial charge in [0.1, 0.15) is 12.1 Å². The monoisotopic (exact) mass is 589 g/mol. The van der Waals surface area contributed by atoms with Gasteiger partial charge in [0.2, 0.25) is 0 Å². The minimum atomic E-state index is -0.623. The summed E-state index contributed by atoms with van der Waals surface area (Å²) in [5.74, 6) is 0.0321. The van der Waals surface area contributed by atoms with Crippen LogP contribution in [0.1, 0.15) is 45.0 Å². The quantitative estimate of drug-likeness (QED) is 0.173. The highest BCUT2D eigenvalue weighted by atomic mass is 16.5. The number of fused-ring (bicyclic) bond motifs is 3. The molecule has 5 heteroatoms. The standard InChI is InChI=1S/C40H35N3O2/c1-29-20-22-32(23-21-29)40(30-12-4-2-5-13-30,31-14-6-3-7-15-31)43-26-33(42-28-43)24-25-41-39(44)45-27-38-36-18-10-8-16-34(36)35-17-9-11-19-37(35)38/h2-23,26,28,38H,24-25,27H2,1H3,(H,41,44). The van der Waals surface area contributed by atoms with Crippen LogP contribution in [0, 0.1) is 6.92 Å². The van der Waals surface area contributed by atoms with Gasteiger partial charge in [-0.2, -0.15) is 0 Å². The van der Waals surface area contributed by atoms with Crippen LogP contribution in [0.15, 0.2) is 146 Å². The van der Waals surface area contributed by atoms with E-state index in [9.17, 15) is 4.79 Å². The van der Waals surface area contributed by atoms with Crippen LogP contribution < -0.4 is 5.32 Å². The molecular weight excluding hydrogens is 554 g/mol. The molecule has 1 aliphatic carbocycles. The van der Waals surface area contributed by atoms with E-state index in [-0.39, 0.29) is 5.92 Å². The smallest absolute Gasteiger partial charge is 0.407 e. The summed E-state index contributed by atoms with van der Waals surface area (Å²) in [6.07, 6.45) is 4.16. The van der Waals surface area contributed by atoms with Crippen LogP contribution in [0.25, 0.3) is 11.1 Å². The lowest BCUT2D eigenvalue weighted by atomic mass is 9.76. The van der Waals surface area contributed by atoms with Crippen molar-refractivity contribution in [3.05, 3.63) is 185 Å². The van der Waals surface area contributed by atoms with Crippen molar-refractivity contribution in [3.63, 3.8) is 0 Å². The van der Waals surface area contributed by atoms with Crippen molar-refractivity contribution in [3.8, 4) is 11.1 Å². The summed E-state index contributed by atoms with van der Waals surface area (Å²) in [5.41, 5.74) is 9.72. The summed E-state index contributed by atoms with van der Waals surface area (Å²) in [4.78, 5) is 17.6. The zero-order valence-corrected chi connectivity index (χ0v) is 25.3. The first-order valence-corrected chi connectivity index (χ1v) is 15.4. The van der Waals surface area contributed by atoms with E-state index >= 15 is 0 Å². The Morgan fingerprint density at radius 3 is 1.87 bits per heavy atom. The Hall–Kier alpha value is -5.42. The van der Waals surface area contributed by atoms with Crippen molar-refractivity contribution in [2.24, 2.45) is 0 Å². The van der Waals surface area contributed by atoms with Gasteiger partial charge in [0, 0.05) is 25.1 Å². The molecule has 1 heterocycles. The molecule has 5 aromatic carbocycles. The lowest BCUT2D eigenvalue weighted by Gasteiger charge is -2.37. The molecule has 0 fully saturated rings. The summed E-state index contributed by atoms with van der Waals surface area (Å²) in [6.45, 7) is 2.82. The number of ether oxygens (including phenoxy) is 1. The van der Waals surface area contributed by atoms with Crippen LogP contribution in [-0.2, 0) is 16.7 Å². The molecule has 1 aliphatic rings. The van der Waals surface area contributed by atoms with Gasteiger partial charge < -0.3 is 14.6 Å². The number of rotatable bonds is 9. The fourth-order valence-electron chi connectivity index (χ4n) is 6.72. The van der Waals surface area contributed by atoms with E-state index in [1.807, 2.05) is 30.6 Å². The molecule has 0 bridgehead atoms. The van der Waals surface area contributed by atoms with Crippen molar-refractivity contribution < 1.29 is 9.53 Å². The fraction of sp³-hybridized carbons (Fsp3) is 0.150. The predicted molar refractivity (Wildman–Crippen MR) is 178 cm³/mol. The molecule has 1 N–H and O–H groups in total. The molecule has 0 unspecified atom stereocenters. The topological polar surface area (TPSA) is 56.2 Å². The van der Waals surface area contributed by atoms with Crippen molar-refractivity contribution in [2.75, 3.05) is 13.2 Å². The maximum Gasteiger partial charge on any atom is 0.407 e. The number of hydrogen-bond donors (Lipinski definition) is 1. The van der Waals surface area contributed by atoms with E-state index in [1.54, 1.807) is 0 Å². The number of carbonyl (C=O) groups excluding carboxylic acids is 1. The number of hydrogen-bond acceptors (Lipinski definition) is 3. The van der Waals surface area contributed by atoms with E-state index < -0.39 is 11.6 Å². The number of alkyl carbamates (subject to hydrolysis) is 1. The second kappa shape index (κ2) is 12.3. The molecule has 0 spiro atoms. The van der Waals surface area contributed by atoms with Gasteiger partial charge in [0.15, 0.2) is 0 Å². The van der Waals surface area contributed by atoms with E-state index in [0.29, 0.717) is 19.6 Å². The molecule has 222 valence electrons. The second-order valence-electron chi connectivity index (χ2n) is 11.6. The van der Waals surface area contributed by atoms with Gasteiger partial charge in [-0.1, -0.05) is 139 Å². The van der Waals surface area contributed by atoms with Crippen LogP contribution in [0.2, 0.25) is 0 Å². The molecule has 0 saturated heterocycles. The zero-order valence-electron chi connectivity index (χ0n) is 25.3. The van der Waals surface area contributed by atoms with E-state index in [4.69, 9.17) is 9.72 Å². The van der Waals surface area contributed by atoms with Crippen LogP contribution in [0.5, 0.6) is 0 Å². The van der Waals surface area contributed by atoms with Gasteiger partial charge in [-0.15, -0.1) is 0 Å². The minimum absolute atomic E-state index is 0.0321. The molecule has 6 aromatic rings. The van der Waals surface area contributed by atoms with Crippen molar-refractivity contribution in [1.29, 1.82) is 0 Å². The molecule has 7 rings (SSSR count). The Labute approximate surface area is 264 Å². The van der Waals surface area contributed by atoms with E-state index in [0.717, 1.165) is 22.4 Å². The van der Waals surface area contributed by atoms with Crippen molar-refractivity contribution in [1.82, 2.24) is 14.9 Å². The number of aryl methyl sites for hydroxylation is 1. The maximum atomic E-state index is 12.8. The van der Waals surface area contributed by atoms with E-state index in [1.165, 1.54) is 27.8 Å². The lowest BCUT2D eigenvalue weighted by Crippen LogP contribution is -2.37. The molecule has 0 aliphatic heterocycles. The Balaban J connectivity index is 1.08. The SMILES string of the molecule is Cc1ccc(C(c2ccccc2)(c2ccccc2)n2cnc(CCNC(=O)OCC3c4ccccc4-c4ccccc43)c2)cc1. The maximum absolute atomic E-state index is 12.8. The van der Waals surface area contributed by atoms with Crippen LogP contribution >= 0.6 is 0 Å². The molecular formula is C40H35N3O2. The average Bonchev–Trinajstić information content (AvgIpc) is 3.69. The number of nitrogens with zero attached hydrogens (tertiary/aromatic N) is 2. The van der Waals surface area contributed by atoms with Crippen LogP contribution in [0.4, 0.5) is 4.79 Å². The molecule has 45 heavy (non-hydrogen) atoms. The third kappa shape index (κ3) is 5.31. The first-order chi connectivity index (χ1) is 22.1. The number of nitrogens with one attached hydrogen (secondary N) is 1. The Kier molecular flexibility index (Phi) is 7.75. The molecule has 0 atom stereocenters. The third-order valence-corrected chi connectivity index (χ3v) is 8.87. The van der Waals surface area contributed by atoms with Gasteiger partial charge in [0.05, 0.1) is 12.0 Å². The normalized spacial score (nSPS) is 12.4. The summed E-state index contributed by atoms with van der Waals surface area (Å²) in [6, 6.07) is 46.5. The fourth-order valence-corrected chi connectivity index (χ4v) is 6.72. The van der Waals surface area contributed by atoms with Crippen molar-refractivity contribution in [2.45, 2.75) is 24.8 Å². The lowest BCUT2D eigenvalue weighted by molar-refractivity contribution is 0.143. The largest absolute Gasteiger partial charge is 0.449 e. The highest BCUT2D eigenvalue weighted by Gasteiger charge is 2.38. The third-order valence-electron chi connectivity index (χ3n) is 8.87. The Bertz CT molecular complexity index is 1830. The van der Waals surface area contributed by atoms with Gasteiger partial charge in [-0.05, 0) is 45.9 Å². The van der Waals surface area contributed by atoms with Gasteiger partial charge in [-0.3, -0.25) is 0 Å². The minimum Gasteiger partial charge on any atom is -0.449 e.